The molecule has 1 saturated carbocycles. The predicted molar refractivity (Wildman–Crippen MR) is 83.6 cm³/mol. The lowest BCUT2D eigenvalue weighted by atomic mass is 10.1. The van der Waals surface area contributed by atoms with Crippen molar-refractivity contribution < 1.29 is 14.2 Å². The van der Waals surface area contributed by atoms with Gasteiger partial charge in [0.15, 0.2) is 0 Å². The number of fused-ring (bicyclic) bond motifs is 1. The van der Waals surface area contributed by atoms with Crippen molar-refractivity contribution in [1.82, 2.24) is 9.88 Å². The molecule has 0 aromatic carbocycles. The third-order valence-corrected chi connectivity index (χ3v) is 4.70. The molecule has 0 bridgehead atoms. The van der Waals surface area contributed by atoms with E-state index in [0.717, 1.165) is 39.3 Å². The fourth-order valence-electron chi connectivity index (χ4n) is 3.57. The zero-order valence-corrected chi connectivity index (χ0v) is 13.3. The van der Waals surface area contributed by atoms with Crippen molar-refractivity contribution in [2.75, 3.05) is 40.0 Å². The molecule has 3 atom stereocenters. The van der Waals surface area contributed by atoms with E-state index in [-0.39, 0.29) is 0 Å². The Labute approximate surface area is 132 Å². The van der Waals surface area contributed by atoms with E-state index in [9.17, 15) is 0 Å². The smallest absolute Gasteiger partial charge is 0.0734 e. The van der Waals surface area contributed by atoms with Gasteiger partial charge in [0.25, 0.3) is 0 Å². The molecule has 122 valence electrons. The molecule has 0 N–H and O–H groups in total. The molecule has 5 heteroatoms. The van der Waals surface area contributed by atoms with Gasteiger partial charge in [0, 0.05) is 45.2 Å². The van der Waals surface area contributed by atoms with Crippen LogP contribution in [0.2, 0.25) is 0 Å². The minimum atomic E-state index is 0.375. The average Bonchev–Trinajstić information content (AvgIpc) is 2.97. The molecule has 1 aromatic heterocycles. The van der Waals surface area contributed by atoms with Gasteiger partial charge in [0.2, 0.25) is 0 Å². The normalized spacial score (nSPS) is 28.7. The number of morpholine rings is 1. The van der Waals surface area contributed by atoms with Gasteiger partial charge in [-0.15, -0.1) is 0 Å². The van der Waals surface area contributed by atoms with Crippen molar-refractivity contribution in [3.63, 3.8) is 0 Å². The zero-order chi connectivity index (χ0) is 15.2. The quantitative estimate of drug-likeness (QED) is 0.767. The summed E-state index contributed by atoms with van der Waals surface area (Å²) in [6.45, 7) is 5.15. The SMILES string of the molecule is COCCN1CCO[C@@H]2C[C@H](COCc3ccncc3)C[C@H]21. The van der Waals surface area contributed by atoms with E-state index in [4.69, 9.17) is 14.2 Å². The molecule has 0 unspecified atom stereocenters. The van der Waals surface area contributed by atoms with Crippen molar-refractivity contribution in [3.8, 4) is 0 Å². The molecule has 5 nitrogen and oxygen atoms in total. The number of hydrogen-bond donors (Lipinski definition) is 0. The third kappa shape index (κ3) is 4.04. The Morgan fingerprint density at radius 3 is 3.00 bits per heavy atom. The first kappa shape index (κ1) is 15.9. The Bertz CT molecular complexity index is 443. The number of nitrogens with zero attached hydrogens (tertiary/aromatic N) is 2. The highest BCUT2D eigenvalue weighted by atomic mass is 16.5. The summed E-state index contributed by atoms with van der Waals surface area (Å²) in [5, 5.41) is 0. The van der Waals surface area contributed by atoms with E-state index in [0.29, 0.717) is 24.7 Å². The first-order valence-electron chi connectivity index (χ1n) is 8.18. The Morgan fingerprint density at radius 1 is 1.32 bits per heavy atom. The van der Waals surface area contributed by atoms with Crippen molar-refractivity contribution >= 4 is 0 Å². The summed E-state index contributed by atoms with van der Waals surface area (Å²) in [7, 11) is 1.77. The van der Waals surface area contributed by atoms with Crippen LogP contribution in [0.3, 0.4) is 0 Å². The summed E-state index contributed by atoms with van der Waals surface area (Å²) in [5.74, 6) is 0.597. The molecule has 1 aliphatic carbocycles. The van der Waals surface area contributed by atoms with Crippen molar-refractivity contribution in [2.24, 2.45) is 5.92 Å². The summed E-state index contributed by atoms with van der Waals surface area (Å²) in [6, 6.07) is 4.55. The molecule has 22 heavy (non-hydrogen) atoms. The van der Waals surface area contributed by atoms with Crippen LogP contribution >= 0.6 is 0 Å². The highest BCUT2D eigenvalue weighted by Crippen LogP contribution is 2.34. The highest BCUT2D eigenvalue weighted by Gasteiger charge is 2.40. The monoisotopic (exact) mass is 306 g/mol. The van der Waals surface area contributed by atoms with Crippen LogP contribution in [0.1, 0.15) is 18.4 Å². The molecule has 0 amide bonds. The topological polar surface area (TPSA) is 43.8 Å². The van der Waals surface area contributed by atoms with Gasteiger partial charge in [-0.05, 0) is 36.5 Å². The second-order valence-electron chi connectivity index (χ2n) is 6.21. The van der Waals surface area contributed by atoms with Crippen LogP contribution in [0.15, 0.2) is 24.5 Å². The van der Waals surface area contributed by atoms with E-state index in [2.05, 4.69) is 9.88 Å². The van der Waals surface area contributed by atoms with Crippen LogP contribution in [-0.4, -0.2) is 62.0 Å². The Kier molecular flexibility index (Phi) is 5.78. The van der Waals surface area contributed by atoms with Crippen LogP contribution in [0.4, 0.5) is 0 Å². The molecule has 0 spiro atoms. The zero-order valence-electron chi connectivity index (χ0n) is 13.3. The van der Waals surface area contributed by atoms with Crippen LogP contribution in [-0.2, 0) is 20.8 Å². The molecular weight excluding hydrogens is 280 g/mol. The minimum absolute atomic E-state index is 0.375. The van der Waals surface area contributed by atoms with E-state index in [1.807, 2.05) is 24.5 Å². The molecule has 3 rings (SSSR count). The summed E-state index contributed by atoms with van der Waals surface area (Å²) in [6.07, 6.45) is 6.28. The number of pyridine rings is 1. The van der Waals surface area contributed by atoms with Crippen molar-refractivity contribution in [2.45, 2.75) is 31.6 Å². The fraction of sp³-hybridized carbons (Fsp3) is 0.706. The second-order valence-corrected chi connectivity index (χ2v) is 6.21. The molecule has 2 heterocycles. The van der Waals surface area contributed by atoms with Gasteiger partial charge in [0.1, 0.15) is 0 Å². The summed E-state index contributed by atoms with van der Waals surface area (Å²) in [4.78, 5) is 6.55. The lowest BCUT2D eigenvalue weighted by molar-refractivity contribution is -0.0611. The lowest BCUT2D eigenvalue weighted by Gasteiger charge is -2.37. The van der Waals surface area contributed by atoms with E-state index < -0.39 is 0 Å². The van der Waals surface area contributed by atoms with Gasteiger partial charge in [-0.1, -0.05) is 0 Å². The summed E-state index contributed by atoms with van der Waals surface area (Å²) >= 11 is 0. The molecular formula is C17H26N2O3. The van der Waals surface area contributed by atoms with Gasteiger partial charge < -0.3 is 14.2 Å². The first-order valence-corrected chi connectivity index (χ1v) is 8.18. The maximum Gasteiger partial charge on any atom is 0.0734 e. The Hall–Kier alpha value is -1.01. The second kappa shape index (κ2) is 8.02. The van der Waals surface area contributed by atoms with Gasteiger partial charge >= 0.3 is 0 Å². The molecule has 2 fully saturated rings. The van der Waals surface area contributed by atoms with E-state index >= 15 is 0 Å². The van der Waals surface area contributed by atoms with Crippen molar-refractivity contribution in [1.29, 1.82) is 0 Å². The maximum atomic E-state index is 5.96. The van der Waals surface area contributed by atoms with Gasteiger partial charge in [0.05, 0.1) is 25.9 Å². The molecule has 2 aliphatic rings. The van der Waals surface area contributed by atoms with Crippen LogP contribution in [0, 0.1) is 5.92 Å². The van der Waals surface area contributed by atoms with Gasteiger partial charge in [-0.25, -0.2) is 0 Å². The molecule has 1 aliphatic heterocycles. The third-order valence-electron chi connectivity index (χ3n) is 4.70. The van der Waals surface area contributed by atoms with Gasteiger partial charge in [-0.2, -0.15) is 0 Å². The minimum Gasteiger partial charge on any atom is -0.383 e. The molecule has 1 saturated heterocycles. The average molecular weight is 306 g/mol. The fourth-order valence-corrected chi connectivity index (χ4v) is 3.57. The van der Waals surface area contributed by atoms with Gasteiger partial charge in [-0.3, -0.25) is 9.88 Å². The number of ether oxygens (including phenoxy) is 3. The number of hydrogen-bond acceptors (Lipinski definition) is 5. The standard InChI is InChI=1S/C17H26N2O3/c1-20-8-6-19-7-9-22-17-11-15(10-16(17)19)13-21-12-14-2-4-18-5-3-14/h2-5,15-17H,6-13H2,1H3/t15-,16-,17-/m1/s1. The predicted octanol–water partition coefficient (Wildman–Crippen LogP) is 1.72. The van der Waals surface area contributed by atoms with Crippen molar-refractivity contribution in [3.05, 3.63) is 30.1 Å². The van der Waals surface area contributed by atoms with Crippen LogP contribution in [0.25, 0.3) is 0 Å². The maximum absolute atomic E-state index is 5.96. The number of methoxy groups -OCH3 is 1. The lowest BCUT2D eigenvalue weighted by Crippen LogP contribution is -2.49. The Morgan fingerprint density at radius 2 is 2.18 bits per heavy atom. The Balaban J connectivity index is 1.44. The first-order chi connectivity index (χ1) is 10.9. The van der Waals surface area contributed by atoms with Crippen LogP contribution < -0.4 is 0 Å². The van der Waals surface area contributed by atoms with Crippen LogP contribution in [0.5, 0.6) is 0 Å². The summed E-state index contributed by atoms with van der Waals surface area (Å²) in [5.41, 5.74) is 1.18. The highest BCUT2D eigenvalue weighted by molar-refractivity contribution is 5.07. The molecule has 1 aromatic rings. The molecule has 0 radical (unpaired) electrons. The van der Waals surface area contributed by atoms with E-state index in [1.54, 1.807) is 7.11 Å². The summed E-state index contributed by atoms with van der Waals surface area (Å²) < 4.78 is 17.1. The number of rotatable bonds is 7. The largest absolute Gasteiger partial charge is 0.383 e. The number of aromatic nitrogens is 1. The van der Waals surface area contributed by atoms with E-state index in [1.165, 1.54) is 12.0 Å².